The van der Waals surface area contributed by atoms with Gasteiger partial charge >= 0.3 is 0 Å². The molecule has 0 aliphatic carbocycles. The second-order valence-electron chi connectivity index (χ2n) is 3.78. The smallest absolute Gasteiger partial charge is 0.236 e. The largest absolute Gasteiger partial charge is 0.368 e. The minimum Gasteiger partial charge on any atom is -0.368 e. The lowest BCUT2D eigenvalue weighted by atomic mass is 10.2. The van der Waals surface area contributed by atoms with E-state index in [2.05, 4.69) is 4.98 Å². The summed E-state index contributed by atoms with van der Waals surface area (Å²) in [6.07, 6.45) is 3.46. The number of hydrogen-bond acceptors (Lipinski definition) is 3. The molecule has 17 heavy (non-hydrogen) atoms. The summed E-state index contributed by atoms with van der Waals surface area (Å²) in [6.45, 7) is 0.333. The van der Waals surface area contributed by atoms with Crippen molar-refractivity contribution in [2.24, 2.45) is 11.5 Å². The highest BCUT2D eigenvalue weighted by Crippen LogP contribution is 2.16. The lowest BCUT2D eigenvalue weighted by Crippen LogP contribution is -2.39. The summed E-state index contributed by atoms with van der Waals surface area (Å²) in [5, 5.41) is 0. The van der Waals surface area contributed by atoms with Gasteiger partial charge in [-0.2, -0.15) is 0 Å². The summed E-state index contributed by atoms with van der Waals surface area (Å²) in [5.74, 6) is 0.264. The number of imidazole rings is 1. The summed E-state index contributed by atoms with van der Waals surface area (Å²) in [6, 6.07) is 9.01. The molecule has 4 N–H and O–H groups in total. The molecule has 0 spiro atoms. The van der Waals surface area contributed by atoms with Crippen molar-refractivity contribution < 1.29 is 4.79 Å². The van der Waals surface area contributed by atoms with Gasteiger partial charge in [0.15, 0.2) is 0 Å². The molecule has 0 aliphatic heterocycles. The summed E-state index contributed by atoms with van der Waals surface area (Å²) < 4.78 is 1.82. The van der Waals surface area contributed by atoms with Crippen LogP contribution in [0.1, 0.15) is 0 Å². The third-order valence-corrected chi connectivity index (χ3v) is 2.51. The molecule has 2 aromatic rings. The SMILES string of the molecule is NC(=O)C(N)Cn1ccnc1-c1ccccc1. The normalized spacial score (nSPS) is 12.3. The molecular weight excluding hydrogens is 216 g/mol. The van der Waals surface area contributed by atoms with Crippen molar-refractivity contribution in [3.05, 3.63) is 42.7 Å². The predicted molar refractivity (Wildman–Crippen MR) is 64.8 cm³/mol. The molecule has 1 heterocycles. The van der Waals surface area contributed by atoms with E-state index in [1.54, 1.807) is 12.4 Å². The lowest BCUT2D eigenvalue weighted by molar-refractivity contribution is -0.119. The maximum Gasteiger partial charge on any atom is 0.236 e. The van der Waals surface area contributed by atoms with Crippen LogP contribution in [-0.4, -0.2) is 21.5 Å². The van der Waals surface area contributed by atoms with Gasteiger partial charge in [0.05, 0.1) is 0 Å². The average molecular weight is 230 g/mol. The van der Waals surface area contributed by atoms with Crippen molar-refractivity contribution in [2.75, 3.05) is 0 Å². The van der Waals surface area contributed by atoms with Crippen LogP contribution in [0.5, 0.6) is 0 Å². The van der Waals surface area contributed by atoms with E-state index in [0.717, 1.165) is 11.4 Å². The number of nitrogens with zero attached hydrogens (tertiary/aromatic N) is 2. The summed E-state index contributed by atoms with van der Waals surface area (Å²) in [5.41, 5.74) is 11.8. The van der Waals surface area contributed by atoms with E-state index in [0.29, 0.717) is 6.54 Å². The Balaban J connectivity index is 2.26. The van der Waals surface area contributed by atoms with E-state index in [-0.39, 0.29) is 0 Å². The number of aromatic nitrogens is 2. The Hall–Kier alpha value is -2.14. The van der Waals surface area contributed by atoms with Crippen molar-refractivity contribution >= 4 is 5.91 Å². The maximum atomic E-state index is 10.9. The molecule has 5 nitrogen and oxygen atoms in total. The van der Waals surface area contributed by atoms with Gasteiger partial charge in [0.25, 0.3) is 0 Å². The zero-order valence-corrected chi connectivity index (χ0v) is 9.28. The molecule has 0 saturated carbocycles. The molecule has 1 atom stereocenters. The zero-order valence-electron chi connectivity index (χ0n) is 9.28. The Labute approximate surface area is 99.1 Å². The highest BCUT2D eigenvalue weighted by atomic mass is 16.1. The Bertz CT molecular complexity index is 506. The second-order valence-corrected chi connectivity index (χ2v) is 3.78. The van der Waals surface area contributed by atoms with Crippen LogP contribution in [-0.2, 0) is 11.3 Å². The van der Waals surface area contributed by atoms with Crippen LogP contribution in [0.2, 0.25) is 0 Å². The average Bonchev–Trinajstić information content (AvgIpc) is 2.78. The monoisotopic (exact) mass is 230 g/mol. The van der Waals surface area contributed by atoms with Crippen molar-refractivity contribution in [3.63, 3.8) is 0 Å². The topological polar surface area (TPSA) is 86.9 Å². The number of nitrogens with two attached hydrogens (primary N) is 2. The van der Waals surface area contributed by atoms with Gasteiger partial charge in [0.1, 0.15) is 11.9 Å². The molecule has 1 aromatic carbocycles. The van der Waals surface area contributed by atoms with Gasteiger partial charge in [-0.05, 0) is 0 Å². The zero-order chi connectivity index (χ0) is 12.3. The number of primary amides is 1. The van der Waals surface area contributed by atoms with E-state index in [4.69, 9.17) is 11.5 Å². The van der Waals surface area contributed by atoms with E-state index < -0.39 is 11.9 Å². The molecule has 0 aliphatic rings. The van der Waals surface area contributed by atoms with Gasteiger partial charge in [0.2, 0.25) is 5.91 Å². The number of hydrogen-bond donors (Lipinski definition) is 2. The van der Waals surface area contributed by atoms with Gasteiger partial charge < -0.3 is 16.0 Å². The Morgan fingerprint density at radius 2 is 2.06 bits per heavy atom. The fraction of sp³-hybridized carbons (Fsp3) is 0.167. The van der Waals surface area contributed by atoms with Gasteiger partial charge in [-0.1, -0.05) is 30.3 Å². The van der Waals surface area contributed by atoms with Crippen LogP contribution in [0.15, 0.2) is 42.7 Å². The van der Waals surface area contributed by atoms with Crippen LogP contribution in [0, 0.1) is 0 Å². The number of carbonyl (C=O) groups is 1. The van der Waals surface area contributed by atoms with Crippen molar-refractivity contribution in [1.82, 2.24) is 9.55 Å². The van der Waals surface area contributed by atoms with Crippen LogP contribution in [0.4, 0.5) is 0 Å². The molecule has 0 radical (unpaired) electrons. The summed E-state index contributed by atoms with van der Waals surface area (Å²) in [4.78, 5) is 15.2. The molecule has 1 unspecified atom stereocenters. The molecule has 2 rings (SSSR count). The molecule has 1 aromatic heterocycles. The van der Waals surface area contributed by atoms with Crippen LogP contribution >= 0.6 is 0 Å². The Morgan fingerprint density at radius 1 is 1.35 bits per heavy atom. The lowest BCUT2D eigenvalue weighted by Gasteiger charge is -2.11. The highest BCUT2D eigenvalue weighted by molar-refractivity contribution is 5.79. The first kappa shape index (κ1) is 11.3. The number of carbonyl (C=O) groups excluding carboxylic acids is 1. The first-order chi connectivity index (χ1) is 8.18. The van der Waals surface area contributed by atoms with Gasteiger partial charge in [-0.3, -0.25) is 4.79 Å². The fourth-order valence-electron chi connectivity index (χ4n) is 1.61. The van der Waals surface area contributed by atoms with Crippen LogP contribution in [0.25, 0.3) is 11.4 Å². The van der Waals surface area contributed by atoms with E-state index >= 15 is 0 Å². The number of amides is 1. The second kappa shape index (κ2) is 4.80. The third kappa shape index (κ3) is 2.51. The van der Waals surface area contributed by atoms with E-state index in [1.807, 2.05) is 34.9 Å². The predicted octanol–water partition coefficient (Wildman–Crippen LogP) is 0.363. The fourth-order valence-corrected chi connectivity index (χ4v) is 1.61. The first-order valence-corrected chi connectivity index (χ1v) is 5.30. The molecule has 0 saturated heterocycles. The molecular formula is C12H14N4O. The minimum atomic E-state index is -0.702. The summed E-state index contributed by atoms with van der Waals surface area (Å²) >= 11 is 0. The third-order valence-electron chi connectivity index (χ3n) is 2.51. The van der Waals surface area contributed by atoms with E-state index in [9.17, 15) is 4.79 Å². The van der Waals surface area contributed by atoms with Crippen molar-refractivity contribution in [3.8, 4) is 11.4 Å². The van der Waals surface area contributed by atoms with Crippen LogP contribution in [0.3, 0.4) is 0 Å². The summed E-state index contributed by atoms with van der Waals surface area (Å²) in [7, 11) is 0. The molecule has 0 fully saturated rings. The molecule has 0 bridgehead atoms. The number of rotatable bonds is 4. The van der Waals surface area contributed by atoms with Crippen molar-refractivity contribution in [2.45, 2.75) is 12.6 Å². The quantitative estimate of drug-likeness (QED) is 0.795. The number of benzene rings is 1. The maximum absolute atomic E-state index is 10.9. The van der Waals surface area contributed by atoms with Gasteiger partial charge in [-0.15, -0.1) is 0 Å². The van der Waals surface area contributed by atoms with Crippen molar-refractivity contribution in [1.29, 1.82) is 0 Å². The van der Waals surface area contributed by atoms with Gasteiger partial charge in [-0.25, -0.2) is 4.98 Å². The molecule has 88 valence electrons. The minimum absolute atomic E-state index is 0.333. The van der Waals surface area contributed by atoms with Crippen LogP contribution < -0.4 is 11.5 Å². The Kier molecular flexibility index (Phi) is 3.20. The first-order valence-electron chi connectivity index (χ1n) is 5.30. The highest BCUT2D eigenvalue weighted by Gasteiger charge is 2.13. The van der Waals surface area contributed by atoms with Gasteiger partial charge in [0, 0.05) is 24.5 Å². The standard InChI is InChI=1S/C12H14N4O/c13-10(11(14)17)8-16-7-6-15-12(16)9-4-2-1-3-5-9/h1-7,10H,8,13H2,(H2,14,17). The molecule has 5 heteroatoms. The Morgan fingerprint density at radius 3 is 2.71 bits per heavy atom. The van der Waals surface area contributed by atoms with E-state index in [1.165, 1.54) is 0 Å². The molecule has 1 amide bonds.